The second-order valence-electron chi connectivity index (χ2n) is 8.72. The Morgan fingerprint density at radius 2 is 2.06 bits per heavy atom. The van der Waals surface area contributed by atoms with Crippen LogP contribution in [0.15, 0.2) is 48.5 Å². The summed E-state index contributed by atoms with van der Waals surface area (Å²) in [5.41, 5.74) is 9.45. The van der Waals surface area contributed by atoms with Gasteiger partial charge >= 0.3 is 0 Å². The first-order chi connectivity index (χ1) is 16.1. The molecule has 0 bridgehead atoms. The number of para-hydroxylation sites is 2. The number of rotatable bonds is 9. The highest BCUT2D eigenvalue weighted by Gasteiger charge is 2.29. The van der Waals surface area contributed by atoms with Crippen LogP contribution in [0.2, 0.25) is 0 Å². The van der Waals surface area contributed by atoms with Gasteiger partial charge in [0.15, 0.2) is 0 Å². The zero-order valence-corrected chi connectivity index (χ0v) is 19.6. The molecule has 7 heteroatoms. The van der Waals surface area contributed by atoms with E-state index >= 15 is 0 Å². The van der Waals surface area contributed by atoms with Crippen LogP contribution >= 0.6 is 0 Å². The highest BCUT2D eigenvalue weighted by molar-refractivity contribution is 5.78. The summed E-state index contributed by atoms with van der Waals surface area (Å²) in [6.45, 7) is 3.01. The molecule has 2 N–H and O–H groups in total. The molecule has 0 aliphatic carbocycles. The lowest BCUT2D eigenvalue weighted by atomic mass is 9.96. The van der Waals surface area contributed by atoms with E-state index in [-0.39, 0.29) is 24.3 Å². The first-order valence-corrected chi connectivity index (χ1v) is 11.7. The van der Waals surface area contributed by atoms with Crippen molar-refractivity contribution < 1.29 is 14.3 Å². The van der Waals surface area contributed by atoms with Gasteiger partial charge in [0.25, 0.3) is 0 Å². The van der Waals surface area contributed by atoms with Gasteiger partial charge in [-0.15, -0.1) is 0 Å². The maximum absolute atomic E-state index is 13.2. The number of likely N-dealkylation sites (tertiary alicyclic amines) is 1. The zero-order chi connectivity index (χ0) is 23.2. The zero-order valence-electron chi connectivity index (χ0n) is 19.6. The predicted octanol–water partition coefficient (Wildman–Crippen LogP) is 3.88. The summed E-state index contributed by atoms with van der Waals surface area (Å²) in [6, 6.07) is 15.5. The van der Waals surface area contributed by atoms with Crippen LogP contribution in [-0.2, 0) is 16.1 Å². The summed E-state index contributed by atoms with van der Waals surface area (Å²) in [4.78, 5) is 20.1. The average molecular weight is 451 g/mol. The molecule has 1 aliphatic rings. The first-order valence-electron chi connectivity index (χ1n) is 11.7. The van der Waals surface area contributed by atoms with E-state index in [2.05, 4.69) is 22.8 Å². The molecule has 1 aliphatic heterocycles. The fourth-order valence-electron chi connectivity index (χ4n) is 4.73. The van der Waals surface area contributed by atoms with Crippen molar-refractivity contribution in [2.24, 2.45) is 5.73 Å². The van der Waals surface area contributed by atoms with Gasteiger partial charge < -0.3 is 24.7 Å². The summed E-state index contributed by atoms with van der Waals surface area (Å²) < 4.78 is 12.9. The van der Waals surface area contributed by atoms with Crippen LogP contribution in [-0.4, -0.2) is 54.3 Å². The van der Waals surface area contributed by atoms with Crippen molar-refractivity contribution in [1.82, 2.24) is 14.5 Å². The van der Waals surface area contributed by atoms with Gasteiger partial charge in [0, 0.05) is 51.7 Å². The standard InChI is InChI=1S/C26H34N4O3/c1-32-15-7-14-30-24-12-4-3-11-23(24)28-26(30)20-9-6-13-29(18-20)25(31)17-22(27)19-8-5-10-21(16-19)33-2/h3-5,8,10-12,16,20,22H,6-7,9,13-15,17-18,27H2,1-2H3/t20?,22-/m0/s1. The predicted molar refractivity (Wildman–Crippen MR) is 129 cm³/mol. The van der Waals surface area contributed by atoms with Crippen molar-refractivity contribution in [3.8, 4) is 5.75 Å². The highest BCUT2D eigenvalue weighted by atomic mass is 16.5. The fraction of sp³-hybridized carbons (Fsp3) is 0.462. The maximum Gasteiger partial charge on any atom is 0.224 e. The molecular weight excluding hydrogens is 416 g/mol. The van der Waals surface area contributed by atoms with Crippen LogP contribution in [0, 0.1) is 0 Å². The van der Waals surface area contributed by atoms with Gasteiger partial charge in [0.2, 0.25) is 5.91 Å². The van der Waals surface area contributed by atoms with Crippen LogP contribution in [0.25, 0.3) is 11.0 Å². The minimum atomic E-state index is -0.355. The average Bonchev–Trinajstić information content (AvgIpc) is 3.23. The first kappa shape index (κ1) is 23.3. The summed E-state index contributed by atoms with van der Waals surface area (Å²) >= 11 is 0. The van der Waals surface area contributed by atoms with Gasteiger partial charge in [0.1, 0.15) is 11.6 Å². The summed E-state index contributed by atoms with van der Waals surface area (Å²) in [5, 5.41) is 0. The third kappa shape index (κ3) is 5.37. The number of hydrogen-bond acceptors (Lipinski definition) is 5. The second kappa shape index (κ2) is 10.8. The van der Waals surface area contributed by atoms with E-state index in [9.17, 15) is 4.79 Å². The van der Waals surface area contributed by atoms with E-state index in [1.54, 1.807) is 14.2 Å². The molecule has 1 fully saturated rings. The molecule has 0 spiro atoms. The van der Waals surface area contributed by atoms with Crippen molar-refractivity contribution in [3.05, 3.63) is 59.9 Å². The lowest BCUT2D eigenvalue weighted by Crippen LogP contribution is -2.40. The number of fused-ring (bicyclic) bond motifs is 1. The van der Waals surface area contributed by atoms with Crippen LogP contribution in [0.5, 0.6) is 5.75 Å². The lowest BCUT2D eigenvalue weighted by Gasteiger charge is -2.33. The number of aryl methyl sites for hydroxylation is 1. The van der Waals surface area contributed by atoms with E-state index in [1.807, 2.05) is 35.2 Å². The minimum absolute atomic E-state index is 0.0945. The molecule has 1 unspecified atom stereocenters. The van der Waals surface area contributed by atoms with Crippen LogP contribution < -0.4 is 10.5 Å². The number of amides is 1. The van der Waals surface area contributed by atoms with Crippen molar-refractivity contribution in [2.75, 3.05) is 33.9 Å². The second-order valence-corrected chi connectivity index (χ2v) is 8.72. The molecule has 2 aromatic carbocycles. The number of carbonyl (C=O) groups excluding carboxylic acids is 1. The van der Waals surface area contributed by atoms with Gasteiger partial charge in [-0.25, -0.2) is 4.98 Å². The molecule has 0 saturated carbocycles. The number of carbonyl (C=O) groups is 1. The number of nitrogens with zero attached hydrogens (tertiary/aromatic N) is 3. The smallest absolute Gasteiger partial charge is 0.224 e. The van der Waals surface area contributed by atoms with Gasteiger partial charge in [-0.3, -0.25) is 4.79 Å². The Balaban J connectivity index is 1.48. The van der Waals surface area contributed by atoms with E-state index in [0.717, 1.165) is 60.5 Å². The topological polar surface area (TPSA) is 82.6 Å². The number of aromatic nitrogens is 2. The molecule has 1 aromatic heterocycles. The Labute approximate surface area is 195 Å². The Hall–Kier alpha value is -2.90. The molecule has 33 heavy (non-hydrogen) atoms. The van der Waals surface area contributed by atoms with Gasteiger partial charge in [-0.05, 0) is 49.1 Å². The SMILES string of the molecule is COCCCn1c(C2CCCN(C(=O)C[C@H](N)c3cccc(OC)c3)C2)nc2ccccc21. The Morgan fingerprint density at radius 1 is 1.21 bits per heavy atom. The molecule has 4 rings (SSSR count). The molecule has 1 saturated heterocycles. The van der Waals surface area contributed by atoms with Gasteiger partial charge in [-0.2, -0.15) is 0 Å². The highest BCUT2D eigenvalue weighted by Crippen LogP contribution is 2.30. The molecule has 2 atom stereocenters. The molecule has 1 amide bonds. The molecule has 3 aromatic rings. The summed E-state index contributed by atoms with van der Waals surface area (Å²) in [6.07, 6.45) is 3.20. The molecule has 7 nitrogen and oxygen atoms in total. The van der Waals surface area contributed by atoms with Crippen molar-refractivity contribution in [1.29, 1.82) is 0 Å². The van der Waals surface area contributed by atoms with Crippen molar-refractivity contribution >= 4 is 16.9 Å². The van der Waals surface area contributed by atoms with E-state index in [1.165, 1.54) is 0 Å². The van der Waals surface area contributed by atoms with Gasteiger partial charge in [-0.1, -0.05) is 24.3 Å². The number of piperidine rings is 1. The third-order valence-corrected chi connectivity index (χ3v) is 6.47. The number of hydrogen-bond donors (Lipinski definition) is 1. The van der Waals surface area contributed by atoms with E-state index in [0.29, 0.717) is 13.2 Å². The maximum atomic E-state index is 13.2. The van der Waals surface area contributed by atoms with Crippen LogP contribution in [0.4, 0.5) is 0 Å². The number of benzene rings is 2. The number of nitrogens with two attached hydrogens (primary N) is 1. The largest absolute Gasteiger partial charge is 0.497 e. The van der Waals surface area contributed by atoms with Crippen LogP contribution in [0.3, 0.4) is 0 Å². The Kier molecular flexibility index (Phi) is 7.62. The quantitative estimate of drug-likeness (QED) is 0.500. The number of methoxy groups -OCH3 is 2. The number of ether oxygens (including phenoxy) is 2. The lowest BCUT2D eigenvalue weighted by molar-refractivity contribution is -0.132. The third-order valence-electron chi connectivity index (χ3n) is 6.47. The number of imidazole rings is 1. The van der Waals surface area contributed by atoms with Crippen molar-refractivity contribution in [2.45, 2.75) is 44.2 Å². The van der Waals surface area contributed by atoms with Crippen LogP contribution in [0.1, 0.15) is 49.0 Å². The molecular formula is C26H34N4O3. The summed E-state index contributed by atoms with van der Waals surface area (Å²) in [7, 11) is 3.36. The van der Waals surface area contributed by atoms with E-state index < -0.39 is 0 Å². The molecule has 2 heterocycles. The van der Waals surface area contributed by atoms with E-state index in [4.69, 9.17) is 20.2 Å². The Bertz CT molecular complexity index is 1080. The Morgan fingerprint density at radius 3 is 2.88 bits per heavy atom. The molecule has 176 valence electrons. The molecule has 0 radical (unpaired) electrons. The monoisotopic (exact) mass is 450 g/mol. The minimum Gasteiger partial charge on any atom is -0.497 e. The normalized spacial score (nSPS) is 17.3. The fourth-order valence-corrected chi connectivity index (χ4v) is 4.73. The summed E-state index contributed by atoms with van der Waals surface area (Å²) in [5.74, 6) is 2.13. The van der Waals surface area contributed by atoms with Crippen molar-refractivity contribution in [3.63, 3.8) is 0 Å². The van der Waals surface area contributed by atoms with Gasteiger partial charge in [0.05, 0.1) is 18.1 Å².